The number of ether oxygens (including phenoxy) is 1. The molecular formula is C15H19N3O. The van der Waals surface area contributed by atoms with E-state index in [1.54, 1.807) is 13.4 Å². The molecule has 4 heteroatoms. The molecule has 0 saturated carbocycles. The molecule has 1 N–H and O–H groups in total. The summed E-state index contributed by atoms with van der Waals surface area (Å²) in [5.41, 5.74) is 3.26. The number of aromatic nitrogens is 2. The second-order valence-corrected chi connectivity index (χ2v) is 4.41. The van der Waals surface area contributed by atoms with Gasteiger partial charge in [0, 0.05) is 18.0 Å². The zero-order valence-corrected chi connectivity index (χ0v) is 11.6. The molecule has 0 radical (unpaired) electrons. The highest BCUT2D eigenvalue weighted by Gasteiger charge is 2.14. The summed E-state index contributed by atoms with van der Waals surface area (Å²) in [6.07, 6.45) is 2.37. The molecule has 2 aromatic rings. The maximum atomic E-state index is 5.24. The first-order chi connectivity index (χ1) is 9.26. The first kappa shape index (κ1) is 13.5. The van der Waals surface area contributed by atoms with E-state index in [4.69, 9.17) is 4.74 Å². The molecule has 0 aliphatic rings. The molecule has 2 rings (SSSR count). The molecule has 0 fully saturated rings. The van der Waals surface area contributed by atoms with Crippen molar-refractivity contribution in [2.24, 2.45) is 0 Å². The van der Waals surface area contributed by atoms with Gasteiger partial charge < -0.3 is 10.1 Å². The second kappa shape index (κ2) is 6.29. The van der Waals surface area contributed by atoms with Crippen molar-refractivity contribution < 1.29 is 4.74 Å². The quantitative estimate of drug-likeness (QED) is 0.892. The summed E-state index contributed by atoms with van der Waals surface area (Å²) >= 11 is 0. The third kappa shape index (κ3) is 3.09. The number of methoxy groups -OCH3 is 1. The summed E-state index contributed by atoms with van der Waals surface area (Å²) in [6.45, 7) is 1.99. The highest BCUT2D eigenvalue weighted by molar-refractivity contribution is 5.30. The fraction of sp³-hybridized carbons (Fsp3) is 0.333. The molecule has 0 bridgehead atoms. The molecule has 0 saturated heterocycles. The van der Waals surface area contributed by atoms with E-state index >= 15 is 0 Å². The van der Waals surface area contributed by atoms with Gasteiger partial charge in [0.15, 0.2) is 0 Å². The SMILES string of the molecule is CNC(Cc1ncnc(OC)c1C)c1ccccc1. The fourth-order valence-electron chi connectivity index (χ4n) is 2.14. The monoisotopic (exact) mass is 257 g/mol. The van der Waals surface area contributed by atoms with Crippen LogP contribution in [0.5, 0.6) is 5.88 Å². The third-order valence-electron chi connectivity index (χ3n) is 3.28. The molecule has 1 aromatic heterocycles. The lowest BCUT2D eigenvalue weighted by molar-refractivity contribution is 0.391. The molecule has 0 amide bonds. The lowest BCUT2D eigenvalue weighted by atomic mass is 10.0. The molecule has 0 aliphatic carbocycles. The Bertz CT molecular complexity index is 528. The van der Waals surface area contributed by atoms with E-state index in [-0.39, 0.29) is 6.04 Å². The van der Waals surface area contributed by atoms with Crippen LogP contribution in [0.4, 0.5) is 0 Å². The summed E-state index contributed by atoms with van der Waals surface area (Å²) in [7, 11) is 3.59. The number of likely N-dealkylation sites (N-methyl/N-ethyl adjacent to an activating group) is 1. The van der Waals surface area contributed by atoms with Crippen molar-refractivity contribution in [2.45, 2.75) is 19.4 Å². The average molecular weight is 257 g/mol. The van der Waals surface area contributed by atoms with Gasteiger partial charge >= 0.3 is 0 Å². The van der Waals surface area contributed by atoms with Gasteiger partial charge in [-0.1, -0.05) is 30.3 Å². The summed E-state index contributed by atoms with van der Waals surface area (Å²) in [5, 5.41) is 3.33. The maximum absolute atomic E-state index is 5.24. The van der Waals surface area contributed by atoms with Crippen LogP contribution in [0.15, 0.2) is 36.7 Å². The Balaban J connectivity index is 2.24. The van der Waals surface area contributed by atoms with Gasteiger partial charge in [0.05, 0.1) is 12.8 Å². The number of nitrogens with one attached hydrogen (secondary N) is 1. The van der Waals surface area contributed by atoms with E-state index in [9.17, 15) is 0 Å². The molecule has 19 heavy (non-hydrogen) atoms. The van der Waals surface area contributed by atoms with E-state index in [1.165, 1.54) is 5.56 Å². The highest BCUT2D eigenvalue weighted by Crippen LogP contribution is 2.22. The van der Waals surface area contributed by atoms with Crippen molar-refractivity contribution in [1.29, 1.82) is 0 Å². The molecule has 1 unspecified atom stereocenters. The van der Waals surface area contributed by atoms with Gasteiger partial charge in [-0.25, -0.2) is 9.97 Å². The Morgan fingerprint density at radius 1 is 1.21 bits per heavy atom. The molecule has 1 atom stereocenters. The van der Waals surface area contributed by atoms with Gasteiger partial charge in [-0.05, 0) is 19.5 Å². The summed E-state index contributed by atoms with van der Waals surface area (Å²) in [4.78, 5) is 8.48. The minimum atomic E-state index is 0.236. The topological polar surface area (TPSA) is 47.0 Å². The van der Waals surface area contributed by atoms with E-state index < -0.39 is 0 Å². The average Bonchev–Trinajstić information content (AvgIpc) is 2.47. The minimum Gasteiger partial charge on any atom is -0.481 e. The van der Waals surface area contributed by atoms with Gasteiger partial charge in [-0.3, -0.25) is 0 Å². The number of hydrogen-bond acceptors (Lipinski definition) is 4. The summed E-state index contributed by atoms with van der Waals surface area (Å²) in [6, 6.07) is 10.6. The van der Waals surface area contributed by atoms with Crippen LogP contribution in [0.2, 0.25) is 0 Å². The zero-order valence-electron chi connectivity index (χ0n) is 11.6. The van der Waals surface area contributed by atoms with Crippen LogP contribution in [0.3, 0.4) is 0 Å². The predicted molar refractivity (Wildman–Crippen MR) is 75.3 cm³/mol. The largest absolute Gasteiger partial charge is 0.481 e. The predicted octanol–water partition coefficient (Wildman–Crippen LogP) is 2.30. The van der Waals surface area contributed by atoms with Crippen molar-refractivity contribution >= 4 is 0 Å². The molecule has 1 heterocycles. The Hall–Kier alpha value is -1.94. The number of benzene rings is 1. The van der Waals surface area contributed by atoms with Gasteiger partial charge in [0.1, 0.15) is 6.33 Å². The number of hydrogen-bond donors (Lipinski definition) is 1. The van der Waals surface area contributed by atoms with Crippen molar-refractivity contribution in [1.82, 2.24) is 15.3 Å². The third-order valence-corrected chi connectivity index (χ3v) is 3.28. The minimum absolute atomic E-state index is 0.236. The first-order valence-corrected chi connectivity index (χ1v) is 6.33. The van der Waals surface area contributed by atoms with Gasteiger partial charge in [-0.15, -0.1) is 0 Å². The Labute approximate surface area is 113 Å². The molecule has 4 nitrogen and oxygen atoms in total. The lowest BCUT2D eigenvalue weighted by Gasteiger charge is -2.17. The zero-order chi connectivity index (χ0) is 13.7. The van der Waals surface area contributed by atoms with Crippen LogP contribution >= 0.6 is 0 Å². The van der Waals surface area contributed by atoms with E-state index in [0.717, 1.165) is 17.7 Å². The number of rotatable bonds is 5. The smallest absolute Gasteiger partial charge is 0.219 e. The lowest BCUT2D eigenvalue weighted by Crippen LogP contribution is -2.20. The van der Waals surface area contributed by atoms with Crippen LogP contribution in [-0.2, 0) is 6.42 Å². The Morgan fingerprint density at radius 3 is 2.58 bits per heavy atom. The van der Waals surface area contributed by atoms with Crippen LogP contribution in [0, 0.1) is 6.92 Å². The van der Waals surface area contributed by atoms with Crippen molar-refractivity contribution in [3.8, 4) is 5.88 Å². The fourth-order valence-corrected chi connectivity index (χ4v) is 2.14. The standard InChI is InChI=1S/C15H19N3O/c1-11-13(17-10-18-15(11)19-3)9-14(16-2)12-7-5-4-6-8-12/h4-8,10,14,16H,9H2,1-3H3. The van der Waals surface area contributed by atoms with E-state index in [1.807, 2.05) is 32.2 Å². The first-order valence-electron chi connectivity index (χ1n) is 6.33. The van der Waals surface area contributed by atoms with Crippen LogP contribution in [0.1, 0.15) is 22.9 Å². The molecular weight excluding hydrogens is 238 g/mol. The highest BCUT2D eigenvalue weighted by atomic mass is 16.5. The van der Waals surface area contributed by atoms with Gasteiger partial charge in [-0.2, -0.15) is 0 Å². The number of nitrogens with zero attached hydrogens (tertiary/aromatic N) is 2. The van der Waals surface area contributed by atoms with Crippen LogP contribution < -0.4 is 10.1 Å². The summed E-state index contributed by atoms with van der Waals surface area (Å²) < 4.78 is 5.24. The molecule has 0 spiro atoms. The van der Waals surface area contributed by atoms with Gasteiger partial charge in [0.25, 0.3) is 0 Å². The molecule has 1 aromatic carbocycles. The van der Waals surface area contributed by atoms with Crippen molar-refractivity contribution in [3.63, 3.8) is 0 Å². The summed E-state index contributed by atoms with van der Waals surface area (Å²) in [5.74, 6) is 0.646. The van der Waals surface area contributed by atoms with Gasteiger partial charge in [0.2, 0.25) is 5.88 Å². The Kier molecular flexibility index (Phi) is 4.47. The second-order valence-electron chi connectivity index (χ2n) is 4.41. The van der Waals surface area contributed by atoms with Crippen LogP contribution in [0.25, 0.3) is 0 Å². The molecule has 100 valence electrons. The normalized spacial score (nSPS) is 12.2. The van der Waals surface area contributed by atoms with Crippen LogP contribution in [-0.4, -0.2) is 24.1 Å². The van der Waals surface area contributed by atoms with E-state index in [2.05, 4.69) is 27.4 Å². The van der Waals surface area contributed by atoms with E-state index in [0.29, 0.717) is 5.88 Å². The Morgan fingerprint density at radius 2 is 1.95 bits per heavy atom. The maximum Gasteiger partial charge on any atom is 0.219 e. The molecule has 0 aliphatic heterocycles. The van der Waals surface area contributed by atoms with Crippen molar-refractivity contribution in [2.75, 3.05) is 14.2 Å². The van der Waals surface area contributed by atoms with Crippen molar-refractivity contribution in [3.05, 3.63) is 53.5 Å².